The molecule has 3 atom stereocenters. The summed E-state index contributed by atoms with van der Waals surface area (Å²) in [4.78, 5) is 7.31. The van der Waals surface area contributed by atoms with Crippen molar-refractivity contribution in [2.45, 2.75) is 86.2 Å². The summed E-state index contributed by atoms with van der Waals surface area (Å²) < 4.78 is 0. The quantitative estimate of drug-likeness (QED) is 0.335. The van der Waals surface area contributed by atoms with Crippen LogP contribution in [0, 0.1) is 30.1 Å². The van der Waals surface area contributed by atoms with Crippen molar-refractivity contribution in [1.29, 1.82) is 5.26 Å². The van der Waals surface area contributed by atoms with Crippen LogP contribution in [-0.2, 0) is 6.42 Å². The Labute approximate surface area is 202 Å². The Balaban J connectivity index is 2.32. The number of hydrogen-bond acceptors (Lipinski definition) is 3. The zero-order valence-electron chi connectivity index (χ0n) is 21.9. The molecule has 1 heterocycles. The van der Waals surface area contributed by atoms with Crippen molar-refractivity contribution in [3.63, 3.8) is 0 Å². The maximum atomic E-state index is 9.32. The number of pyridine rings is 1. The maximum absolute atomic E-state index is 9.32. The second-order valence-electron chi connectivity index (χ2n) is 9.39. The minimum absolute atomic E-state index is 0.279. The van der Waals surface area contributed by atoms with E-state index in [1.165, 1.54) is 11.1 Å². The molecule has 0 aliphatic rings. The second kappa shape index (κ2) is 12.7. The molecule has 0 spiro atoms. The molecule has 0 fully saturated rings. The maximum Gasteiger partial charge on any atom is 0.141 e. The van der Waals surface area contributed by atoms with Gasteiger partial charge in [-0.05, 0) is 73.3 Å². The van der Waals surface area contributed by atoms with Gasteiger partial charge in [0.1, 0.15) is 11.8 Å². The highest BCUT2D eigenvalue weighted by molar-refractivity contribution is 5.65. The third-order valence-electron chi connectivity index (χ3n) is 7.52. The van der Waals surface area contributed by atoms with Crippen molar-refractivity contribution in [2.24, 2.45) is 11.8 Å². The molecule has 0 amide bonds. The van der Waals surface area contributed by atoms with Crippen LogP contribution in [0.3, 0.4) is 0 Å². The Kier molecular flexibility index (Phi) is 10.3. The highest BCUT2D eigenvalue weighted by Gasteiger charge is 2.29. The minimum Gasteiger partial charge on any atom is -0.293 e. The van der Waals surface area contributed by atoms with Crippen LogP contribution in [0.4, 0.5) is 0 Å². The number of aryl methyl sites for hydroxylation is 2. The first kappa shape index (κ1) is 26.8. The Morgan fingerprint density at radius 3 is 2.15 bits per heavy atom. The highest BCUT2D eigenvalue weighted by Crippen LogP contribution is 2.34. The first-order valence-electron chi connectivity index (χ1n) is 12.7. The molecule has 0 aliphatic heterocycles. The number of nitriles is 1. The molecule has 3 nitrogen and oxygen atoms in total. The van der Waals surface area contributed by atoms with Crippen molar-refractivity contribution in [3.05, 3.63) is 71.1 Å². The Hall–Kier alpha value is -2.44. The summed E-state index contributed by atoms with van der Waals surface area (Å²) >= 11 is 0. The molecule has 0 aliphatic carbocycles. The third-order valence-corrected chi connectivity index (χ3v) is 7.52. The summed E-state index contributed by atoms with van der Waals surface area (Å²) in [6, 6.07) is 16.0. The lowest BCUT2D eigenvalue weighted by Crippen LogP contribution is -2.41. The predicted octanol–water partition coefficient (Wildman–Crippen LogP) is 7.75. The van der Waals surface area contributed by atoms with E-state index in [1.807, 2.05) is 6.07 Å². The van der Waals surface area contributed by atoms with Crippen molar-refractivity contribution in [1.82, 2.24) is 9.88 Å². The molecule has 0 radical (unpaired) electrons. The molecule has 2 unspecified atom stereocenters. The van der Waals surface area contributed by atoms with E-state index < -0.39 is 0 Å². The minimum atomic E-state index is 0.279. The van der Waals surface area contributed by atoms with Crippen molar-refractivity contribution >= 4 is 5.57 Å². The fraction of sp³-hybridized carbons (Fsp3) is 0.533. The van der Waals surface area contributed by atoms with Crippen LogP contribution in [0.1, 0.15) is 94.9 Å². The zero-order chi connectivity index (χ0) is 24.5. The molecule has 2 rings (SSSR count). The van der Waals surface area contributed by atoms with Gasteiger partial charge in [-0.3, -0.25) is 4.90 Å². The Morgan fingerprint density at radius 2 is 1.64 bits per heavy atom. The van der Waals surface area contributed by atoms with Gasteiger partial charge in [-0.1, -0.05) is 78.0 Å². The van der Waals surface area contributed by atoms with E-state index in [0.29, 0.717) is 23.7 Å². The molecule has 33 heavy (non-hydrogen) atoms. The summed E-state index contributed by atoms with van der Waals surface area (Å²) in [5.74, 6) is 0.740. The Morgan fingerprint density at radius 1 is 1.00 bits per heavy atom. The SMILES string of the molecule is C=C(c1nc(C#N)ccc1C)C(C)[C@@H](CC)CN(C(CC)CC)C(C)c1ccc(CC)cc1. The van der Waals surface area contributed by atoms with Crippen LogP contribution in [0.5, 0.6) is 0 Å². The molecular weight excluding hydrogens is 402 g/mol. The molecule has 0 bridgehead atoms. The lowest BCUT2D eigenvalue weighted by atomic mass is 9.82. The summed E-state index contributed by atoms with van der Waals surface area (Å²) in [6.45, 7) is 21.3. The lowest BCUT2D eigenvalue weighted by Gasteiger charge is -2.40. The van der Waals surface area contributed by atoms with Gasteiger partial charge in [0.05, 0.1) is 5.69 Å². The van der Waals surface area contributed by atoms with E-state index in [0.717, 1.165) is 49.1 Å². The van der Waals surface area contributed by atoms with Gasteiger partial charge in [-0.25, -0.2) is 4.98 Å². The van der Waals surface area contributed by atoms with Gasteiger partial charge in [-0.2, -0.15) is 5.26 Å². The first-order valence-corrected chi connectivity index (χ1v) is 12.7. The van der Waals surface area contributed by atoms with Crippen LogP contribution in [-0.4, -0.2) is 22.5 Å². The van der Waals surface area contributed by atoms with Crippen LogP contribution >= 0.6 is 0 Å². The topological polar surface area (TPSA) is 39.9 Å². The summed E-state index contributed by atoms with van der Waals surface area (Å²) in [5, 5.41) is 9.32. The molecular formula is C30H43N3. The van der Waals surface area contributed by atoms with E-state index in [1.54, 1.807) is 6.07 Å². The smallest absolute Gasteiger partial charge is 0.141 e. The molecule has 1 aromatic carbocycles. The van der Waals surface area contributed by atoms with Gasteiger partial charge in [0.2, 0.25) is 0 Å². The van der Waals surface area contributed by atoms with Gasteiger partial charge in [0.25, 0.3) is 0 Å². The number of hydrogen-bond donors (Lipinski definition) is 0. The average molecular weight is 446 g/mol. The van der Waals surface area contributed by atoms with E-state index in [2.05, 4.69) is 95.3 Å². The van der Waals surface area contributed by atoms with Gasteiger partial charge >= 0.3 is 0 Å². The van der Waals surface area contributed by atoms with Crippen molar-refractivity contribution < 1.29 is 0 Å². The molecule has 0 saturated carbocycles. The predicted molar refractivity (Wildman–Crippen MR) is 141 cm³/mol. The van der Waals surface area contributed by atoms with Crippen LogP contribution in [0.2, 0.25) is 0 Å². The average Bonchev–Trinajstić information content (AvgIpc) is 2.85. The van der Waals surface area contributed by atoms with Crippen molar-refractivity contribution in [3.8, 4) is 6.07 Å². The van der Waals surface area contributed by atoms with Gasteiger partial charge < -0.3 is 0 Å². The number of rotatable bonds is 12. The number of benzene rings is 1. The fourth-order valence-corrected chi connectivity index (χ4v) is 4.93. The zero-order valence-corrected chi connectivity index (χ0v) is 21.9. The molecule has 178 valence electrons. The van der Waals surface area contributed by atoms with E-state index in [4.69, 9.17) is 0 Å². The van der Waals surface area contributed by atoms with Crippen LogP contribution < -0.4 is 0 Å². The third kappa shape index (κ3) is 6.55. The number of aromatic nitrogens is 1. The Bertz CT molecular complexity index is 934. The second-order valence-corrected chi connectivity index (χ2v) is 9.39. The summed E-state index contributed by atoms with van der Waals surface area (Å²) in [6.07, 6.45) is 4.44. The van der Waals surface area contributed by atoms with Gasteiger partial charge in [-0.15, -0.1) is 0 Å². The molecule has 0 N–H and O–H groups in total. The number of allylic oxidation sites excluding steroid dienone is 1. The lowest BCUT2D eigenvalue weighted by molar-refractivity contribution is 0.101. The van der Waals surface area contributed by atoms with E-state index in [-0.39, 0.29) is 5.92 Å². The molecule has 0 saturated heterocycles. The monoisotopic (exact) mass is 445 g/mol. The molecule has 3 heteroatoms. The van der Waals surface area contributed by atoms with Gasteiger partial charge in [0.15, 0.2) is 0 Å². The van der Waals surface area contributed by atoms with E-state index >= 15 is 0 Å². The van der Waals surface area contributed by atoms with Gasteiger partial charge in [0, 0.05) is 18.6 Å². The van der Waals surface area contributed by atoms with Crippen molar-refractivity contribution in [2.75, 3.05) is 6.54 Å². The number of nitrogens with zero attached hydrogens (tertiary/aromatic N) is 3. The summed E-state index contributed by atoms with van der Waals surface area (Å²) in [5.41, 5.74) is 6.25. The summed E-state index contributed by atoms with van der Waals surface area (Å²) in [7, 11) is 0. The normalized spacial score (nSPS) is 14.2. The molecule has 1 aromatic heterocycles. The van der Waals surface area contributed by atoms with Crippen LogP contribution in [0.25, 0.3) is 5.57 Å². The van der Waals surface area contributed by atoms with E-state index in [9.17, 15) is 5.26 Å². The fourth-order valence-electron chi connectivity index (χ4n) is 4.93. The largest absolute Gasteiger partial charge is 0.293 e. The standard InChI is InChI=1S/C30H43N3/c1-9-25-14-16-27(17-15-25)24(8)33(29(11-3)12-4)20-26(10-2)22(6)23(7)30-21(5)13-18-28(19-31)32-30/h13-18,22,24,26,29H,7,9-12,20H2,1-6,8H3/t22?,24?,26-/m0/s1. The molecule has 2 aromatic rings. The van der Waals surface area contributed by atoms with Crippen LogP contribution in [0.15, 0.2) is 43.0 Å². The highest BCUT2D eigenvalue weighted by atomic mass is 15.2. The first-order chi connectivity index (χ1) is 15.8.